The SMILES string of the molecule is C=C(C)CN1CCC(NC(=NCCc2ccco2)NCCc2ccccc2)CC1. The van der Waals surface area contributed by atoms with E-state index in [0.717, 1.165) is 63.6 Å². The molecule has 0 aliphatic carbocycles. The van der Waals surface area contributed by atoms with Gasteiger partial charge in [0.2, 0.25) is 0 Å². The predicted molar refractivity (Wildman–Crippen MR) is 120 cm³/mol. The van der Waals surface area contributed by atoms with Gasteiger partial charge in [-0.15, -0.1) is 0 Å². The Balaban J connectivity index is 1.50. The smallest absolute Gasteiger partial charge is 0.191 e. The normalized spacial score (nSPS) is 16.0. The van der Waals surface area contributed by atoms with Crippen LogP contribution in [0.4, 0.5) is 0 Å². The molecule has 2 N–H and O–H groups in total. The van der Waals surface area contributed by atoms with Crippen molar-refractivity contribution in [2.75, 3.05) is 32.7 Å². The highest BCUT2D eigenvalue weighted by Crippen LogP contribution is 2.11. The van der Waals surface area contributed by atoms with Gasteiger partial charge in [0.15, 0.2) is 5.96 Å². The van der Waals surface area contributed by atoms with Crippen molar-refractivity contribution in [1.29, 1.82) is 0 Å². The summed E-state index contributed by atoms with van der Waals surface area (Å²) in [6.45, 7) is 10.9. The monoisotopic (exact) mass is 394 g/mol. The zero-order chi connectivity index (χ0) is 20.3. The standard InChI is InChI=1S/C24H34N4O/c1-20(2)19-28-16-12-22(13-17-28)27-24(26-15-11-23-9-6-18-29-23)25-14-10-21-7-4-3-5-8-21/h3-9,18,22H,1,10-17,19H2,2H3,(H2,25,26,27). The van der Waals surface area contributed by atoms with Gasteiger partial charge in [0.1, 0.15) is 5.76 Å². The maximum Gasteiger partial charge on any atom is 0.191 e. The molecule has 1 fully saturated rings. The number of benzene rings is 1. The van der Waals surface area contributed by atoms with Crippen molar-refractivity contribution >= 4 is 5.96 Å². The Morgan fingerprint density at radius 3 is 2.62 bits per heavy atom. The van der Waals surface area contributed by atoms with Crippen LogP contribution in [-0.4, -0.2) is 49.6 Å². The van der Waals surface area contributed by atoms with Gasteiger partial charge < -0.3 is 15.1 Å². The maximum atomic E-state index is 5.42. The van der Waals surface area contributed by atoms with E-state index in [1.165, 1.54) is 11.1 Å². The third kappa shape index (κ3) is 7.78. The quantitative estimate of drug-likeness (QED) is 0.387. The Kier molecular flexibility index (Phi) is 8.38. The van der Waals surface area contributed by atoms with Crippen molar-refractivity contribution in [2.45, 2.75) is 38.6 Å². The average Bonchev–Trinajstić information content (AvgIpc) is 3.23. The molecule has 0 unspecified atom stereocenters. The van der Waals surface area contributed by atoms with E-state index in [1.807, 2.05) is 12.1 Å². The van der Waals surface area contributed by atoms with Crippen LogP contribution in [0.5, 0.6) is 0 Å². The molecule has 5 nitrogen and oxygen atoms in total. The molecule has 1 aromatic heterocycles. The van der Waals surface area contributed by atoms with Crippen molar-refractivity contribution in [3.8, 4) is 0 Å². The van der Waals surface area contributed by atoms with Gasteiger partial charge in [-0.3, -0.25) is 9.89 Å². The zero-order valence-electron chi connectivity index (χ0n) is 17.6. The number of furan rings is 1. The highest BCUT2D eigenvalue weighted by Gasteiger charge is 2.19. The molecule has 2 heterocycles. The summed E-state index contributed by atoms with van der Waals surface area (Å²) in [5, 5.41) is 7.17. The lowest BCUT2D eigenvalue weighted by Crippen LogP contribution is -2.49. The fourth-order valence-electron chi connectivity index (χ4n) is 3.67. The number of rotatable bonds is 9. The molecule has 0 spiro atoms. The van der Waals surface area contributed by atoms with E-state index in [0.29, 0.717) is 12.6 Å². The molecule has 0 saturated carbocycles. The molecular formula is C24H34N4O. The summed E-state index contributed by atoms with van der Waals surface area (Å²) >= 11 is 0. The third-order valence-corrected chi connectivity index (χ3v) is 5.18. The molecule has 1 saturated heterocycles. The van der Waals surface area contributed by atoms with Crippen LogP contribution in [0.15, 0.2) is 70.3 Å². The summed E-state index contributed by atoms with van der Waals surface area (Å²) in [5.41, 5.74) is 2.57. The average molecular weight is 395 g/mol. The molecule has 156 valence electrons. The van der Waals surface area contributed by atoms with Gasteiger partial charge in [0.05, 0.1) is 6.26 Å². The molecule has 29 heavy (non-hydrogen) atoms. The lowest BCUT2D eigenvalue weighted by molar-refractivity contribution is 0.221. The van der Waals surface area contributed by atoms with E-state index >= 15 is 0 Å². The molecule has 0 atom stereocenters. The second-order valence-corrected chi connectivity index (χ2v) is 7.87. The van der Waals surface area contributed by atoms with Gasteiger partial charge in [-0.25, -0.2) is 0 Å². The lowest BCUT2D eigenvalue weighted by atomic mass is 10.0. The second-order valence-electron chi connectivity index (χ2n) is 7.87. The molecule has 3 rings (SSSR count). The molecule has 5 heteroatoms. The fraction of sp³-hybridized carbons (Fsp3) is 0.458. The lowest BCUT2D eigenvalue weighted by Gasteiger charge is -2.33. The first-order valence-electron chi connectivity index (χ1n) is 10.7. The van der Waals surface area contributed by atoms with Crippen molar-refractivity contribution in [3.05, 3.63) is 72.2 Å². The largest absolute Gasteiger partial charge is 0.469 e. The van der Waals surface area contributed by atoms with Crippen molar-refractivity contribution in [1.82, 2.24) is 15.5 Å². The minimum atomic E-state index is 0.461. The highest BCUT2D eigenvalue weighted by molar-refractivity contribution is 5.80. The van der Waals surface area contributed by atoms with E-state index < -0.39 is 0 Å². The molecule has 2 aromatic rings. The summed E-state index contributed by atoms with van der Waals surface area (Å²) in [4.78, 5) is 7.28. The van der Waals surface area contributed by atoms with Gasteiger partial charge in [-0.2, -0.15) is 0 Å². The molecule has 0 radical (unpaired) electrons. The number of likely N-dealkylation sites (tertiary alicyclic amines) is 1. The first-order valence-corrected chi connectivity index (χ1v) is 10.7. The molecule has 1 aliphatic rings. The fourth-order valence-corrected chi connectivity index (χ4v) is 3.67. The number of hydrogen-bond donors (Lipinski definition) is 2. The van der Waals surface area contributed by atoms with Gasteiger partial charge in [-0.1, -0.05) is 42.5 Å². The first kappa shape index (κ1) is 21.2. The van der Waals surface area contributed by atoms with Crippen LogP contribution in [0, 0.1) is 0 Å². The number of nitrogens with zero attached hydrogens (tertiary/aromatic N) is 2. The summed E-state index contributed by atoms with van der Waals surface area (Å²) in [6.07, 6.45) is 5.77. The van der Waals surface area contributed by atoms with Crippen LogP contribution < -0.4 is 10.6 Å². The Hall–Kier alpha value is -2.53. The number of guanidine groups is 1. The Morgan fingerprint density at radius 2 is 1.93 bits per heavy atom. The number of hydrogen-bond acceptors (Lipinski definition) is 3. The summed E-state index contributed by atoms with van der Waals surface area (Å²) in [5.74, 6) is 1.89. The molecule has 1 aromatic carbocycles. The van der Waals surface area contributed by atoms with Crippen molar-refractivity contribution < 1.29 is 4.42 Å². The van der Waals surface area contributed by atoms with E-state index in [4.69, 9.17) is 9.41 Å². The zero-order valence-corrected chi connectivity index (χ0v) is 17.6. The van der Waals surface area contributed by atoms with Crippen molar-refractivity contribution in [3.63, 3.8) is 0 Å². The van der Waals surface area contributed by atoms with E-state index in [9.17, 15) is 0 Å². The topological polar surface area (TPSA) is 52.8 Å². The van der Waals surface area contributed by atoms with E-state index in [1.54, 1.807) is 6.26 Å². The van der Waals surface area contributed by atoms with E-state index in [-0.39, 0.29) is 0 Å². The van der Waals surface area contributed by atoms with E-state index in [2.05, 4.69) is 59.4 Å². The number of nitrogens with one attached hydrogen (secondary N) is 2. The maximum absolute atomic E-state index is 5.42. The van der Waals surface area contributed by atoms with Gasteiger partial charge in [0.25, 0.3) is 0 Å². The Labute approximate surface area is 174 Å². The summed E-state index contributed by atoms with van der Waals surface area (Å²) in [6, 6.07) is 15.0. The minimum Gasteiger partial charge on any atom is -0.469 e. The Morgan fingerprint density at radius 1 is 1.14 bits per heavy atom. The van der Waals surface area contributed by atoms with Gasteiger partial charge >= 0.3 is 0 Å². The van der Waals surface area contributed by atoms with Crippen LogP contribution in [0.3, 0.4) is 0 Å². The van der Waals surface area contributed by atoms with Crippen LogP contribution >= 0.6 is 0 Å². The van der Waals surface area contributed by atoms with Gasteiger partial charge in [-0.05, 0) is 43.9 Å². The highest BCUT2D eigenvalue weighted by atomic mass is 16.3. The summed E-state index contributed by atoms with van der Waals surface area (Å²) in [7, 11) is 0. The van der Waals surface area contributed by atoms with Gasteiger partial charge in [0, 0.05) is 45.2 Å². The first-order chi connectivity index (χ1) is 14.2. The molecule has 0 amide bonds. The van der Waals surface area contributed by atoms with Crippen LogP contribution in [0.2, 0.25) is 0 Å². The third-order valence-electron chi connectivity index (χ3n) is 5.18. The second kappa shape index (κ2) is 11.5. The van der Waals surface area contributed by atoms with Crippen LogP contribution in [0.1, 0.15) is 31.1 Å². The predicted octanol–water partition coefficient (Wildman–Crippen LogP) is 3.64. The number of aliphatic imine (C=N–C) groups is 1. The minimum absolute atomic E-state index is 0.461. The van der Waals surface area contributed by atoms with Crippen LogP contribution in [0.25, 0.3) is 0 Å². The molecule has 0 bridgehead atoms. The molecular weight excluding hydrogens is 360 g/mol. The van der Waals surface area contributed by atoms with Crippen molar-refractivity contribution in [2.24, 2.45) is 4.99 Å². The molecule has 1 aliphatic heterocycles. The van der Waals surface area contributed by atoms with Crippen LogP contribution in [-0.2, 0) is 12.8 Å². The number of piperidine rings is 1. The Bertz CT molecular complexity index is 746. The summed E-state index contributed by atoms with van der Waals surface area (Å²) < 4.78 is 5.42.